The number of nitrogens with zero attached hydrogens (tertiary/aromatic N) is 2. The van der Waals surface area contributed by atoms with Crippen molar-refractivity contribution in [1.82, 2.24) is 20.2 Å². The lowest BCUT2D eigenvalue weighted by molar-refractivity contribution is 0.626. The number of hydrogen-bond donors (Lipinski definition) is 2. The van der Waals surface area contributed by atoms with E-state index in [4.69, 9.17) is 0 Å². The molecule has 0 fully saturated rings. The van der Waals surface area contributed by atoms with E-state index in [-0.39, 0.29) is 0 Å². The zero-order valence-corrected chi connectivity index (χ0v) is 9.65. The Kier molecular flexibility index (Phi) is 5.66. The van der Waals surface area contributed by atoms with Crippen LogP contribution in [0.5, 0.6) is 0 Å². The first-order chi connectivity index (χ1) is 6.88. The molecule has 0 spiro atoms. The summed E-state index contributed by atoms with van der Waals surface area (Å²) in [4.78, 5) is 1.27. The highest BCUT2D eigenvalue weighted by molar-refractivity contribution is 7.05. The molecule has 0 saturated heterocycles. The molecule has 0 radical (unpaired) electrons. The monoisotopic (exact) mass is 214 g/mol. The minimum absolute atomic E-state index is 0.907. The minimum atomic E-state index is 0.907. The Morgan fingerprint density at radius 1 is 1.36 bits per heavy atom. The van der Waals surface area contributed by atoms with Crippen LogP contribution in [0.3, 0.4) is 0 Å². The van der Waals surface area contributed by atoms with Gasteiger partial charge in [0.2, 0.25) is 0 Å². The molecule has 14 heavy (non-hydrogen) atoms. The van der Waals surface area contributed by atoms with Gasteiger partial charge in [-0.05, 0) is 44.5 Å². The third kappa shape index (κ3) is 3.69. The van der Waals surface area contributed by atoms with E-state index in [2.05, 4.69) is 27.1 Å². The van der Waals surface area contributed by atoms with Gasteiger partial charge in [-0.15, -0.1) is 5.10 Å². The second kappa shape index (κ2) is 6.86. The van der Waals surface area contributed by atoms with E-state index >= 15 is 0 Å². The second-order valence-electron chi connectivity index (χ2n) is 3.13. The molecule has 80 valence electrons. The van der Waals surface area contributed by atoms with Crippen LogP contribution in [0.25, 0.3) is 0 Å². The molecule has 4 nitrogen and oxygen atoms in total. The Bertz CT molecular complexity index is 249. The topological polar surface area (TPSA) is 49.8 Å². The van der Waals surface area contributed by atoms with E-state index in [0.29, 0.717) is 0 Å². The van der Waals surface area contributed by atoms with Gasteiger partial charge in [0.1, 0.15) is 0 Å². The molecule has 0 aliphatic heterocycles. The first-order valence-corrected chi connectivity index (χ1v) is 5.81. The molecule has 1 aromatic rings. The zero-order chi connectivity index (χ0) is 10.2. The highest BCUT2D eigenvalue weighted by Crippen LogP contribution is 2.10. The fourth-order valence-electron chi connectivity index (χ4n) is 1.22. The molecule has 5 heteroatoms. The third-order valence-corrected chi connectivity index (χ3v) is 2.80. The van der Waals surface area contributed by atoms with Crippen LogP contribution in [-0.4, -0.2) is 29.7 Å². The van der Waals surface area contributed by atoms with Gasteiger partial charge in [-0.2, -0.15) is 0 Å². The van der Waals surface area contributed by atoms with E-state index in [1.165, 1.54) is 16.4 Å². The summed E-state index contributed by atoms with van der Waals surface area (Å²) in [6.07, 6.45) is 2.13. The largest absolute Gasteiger partial charge is 0.320 e. The van der Waals surface area contributed by atoms with Crippen molar-refractivity contribution in [3.05, 3.63) is 10.6 Å². The maximum absolute atomic E-state index is 4.07. The first kappa shape index (κ1) is 11.6. The van der Waals surface area contributed by atoms with Gasteiger partial charge in [0.25, 0.3) is 0 Å². The van der Waals surface area contributed by atoms with Gasteiger partial charge in [0.05, 0.1) is 10.6 Å². The minimum Gasteiger partial charge on any atom is -0.320 e. The quantitative estimate of drug-likeness (QED) is 0.659. The molecular formula is C9H18N4S. The normalized spacial score (nSPS) is 10.7. The van der Waals surface area contributed by atoms with Gasteiger partial charge in [-0.25, -0.2) is 0 Å². The van der Waals surface area contributed by atoms with E-state index in [0.717, 1.165) is 38.2 Å². The highest BCUT2D eigenvalue weighted by atomic mass is 32.1. The summed E-state index contributed by atoms with van der Waals surface area (Å²) in [5.74, 6) is 0. The molecule has 0 aromatic carbocycles. The molecule has 0 amide bonds. The Morgan fingerprint density at radius 2 is 2.21 bits per heavy atom. The van der Waals surface area contributed by atoms with Crippen molar-refractivity contribution in [1.29, 1.82) is 0 Å². The van der Waals surface area contributed by atoms with Gasteiger partial charge in [0, 0.05) is 6.54 Å². The second-order valence-corrected chi connectivity index (χ2v) is 3.97. The molecule has 0 atom stereocenters. The summed E-state index contributed by atoms with van der Waals surface area (Å²) in [5, 5.41) is 10.6. The van der Waals surface area contributed by atoms with Crippen molar-refractivity contribution in [3.8, 4) is 0 Å². The summed E-state index contributed by atoms with van der Waals surface area (Å²) in [6.45, 7) is 5.13. The summed E-state index contributed by atoms with van der Waals surface area (Å²) >= 11 is 1.50. The molecule has 2 N–H and O–H groups in total. The lowest BCUT2D eigenvalue weighted by atomic mass is 10.3. The lowest BCUT2D eigenvalue weighted by Gasteiger charge is -2.02. The van der Waals surface area contributed by atoms with Crippen molar-refractivity contribution in [2.45, 2.75) is 26.3 Å². The molecule has 0 saturated carbocycles. The number of rotatable bonds is 7. The van der Waals surface area contributed by atoms with E-state index in [1.807, 2.05) is 7.05 Å². The maximum atomic E-state index is 4.07. The number of hydrogen-bond acceptors (Lipinski definition) is 5. The van der Waals surface area contributed by atoms with E-state index < -0.39 is 0 Å². The molecular weight excluding hydrogens is 196 g/mol. The van der Waals surface area contributed by atoms with Crippen molar-refractivity contribution >= 4 is 11.5 Å². The van der Waals surface area contributed by atoms with Gasteiger partial charge in [-0.1, -0.05) is 11.4 Å². The highest BCUT2D eigenvalue weighted by Gasteiger charge is 2.04. The average Bonchev–Trinajstić information content (AvgIpc) is 2.65. The fourth-order valence-corrected chi connectivity index (χ4v) is 1.92. The molecule has 0 aliphatic rings. The summed E-state index contributed by atoms with van der Waals surface area (Å²) in [7, 11) is 1.97. The summed E-state index contributed by atoms with van der Waals surface area (Å²) in [5.41, 5.74) is 1.14. The number of aromatic nitrogens is 2. The SMILES string of the molecule is CCc1nnsc1CNCCCNC. The predicted octanol–water partition coefficient (Wildman–Crippen LogP) is 0.800. The van der Waals surface area contributed by atoms with Crippen molar-refractivity contribution in [2.24, 2.45) is 0 Å². The van der Waals surface area contributed by atoms with Crippen LogP contribution in [0.1, 0.15) is 23.9 Å². The number of aryl methyl sites for hydroxylation is 1. The fraction of sp³-hybridized carbons (Fsp3) is 0.778. The zero-order valence-electron chi connectivity index (χ0n) is 8.84. The molecule has 1 aromatic heterocycles. The Labute approximate surface area is 89.3 Å². The van der Waals surface area contributed by atoms with Gasteiger partial charge >= 0.3 is 0 Å². The van der Waals surface area contributed by atoms with Crippen molar-refractivity contribution in [3.63, 3.8) is 0 Å². The van der Waals surface area contributed by atoms with E-state index in [1.54, 1.807) is 0 Å². The predicted molar refractivity (Wildman–Crippen MR) is 59.5 cm³/mol. The third-order valence-electron chi connectivity index (χ3n) is 2.04. The van der Waals surface area contributed by atoms with Crippen LogP contribution in [0.15, 0.2) is 0 Å². The van der Waals surface area contributed by atoms with Gasteiger partial charge in [0.15, 0.2) is 0 Å². The van der Waals surface area contributed by atoms with Gasteiger partial charge < -0.3 is 10.6 Å². The summed E-state index contributed by atoms with van der Waals surface area (Å²) < 4.78 is 3.95. The lowest BCUT2D eigenvalue weighted by Crippen LogP contribution is -2.19. The Hall–Kier alpha value is -0.520. The van der Waals surface area contributed by atoms with Crippen LogP contribution >= 0.6 is 11.5 Å². The van der Waals surface area contributed by atoms with Crippen LogP contribution < -0.4 is 10.6 Å². The van der Waals surface area contributed by atoms with Crippen molar-refractivity contribution < 1.29 is 0 Å². The molecule has 0 unspecified atom stereocenters. The number of nitrogens with one attached hydrogen (secondary N) is 2. The van der Waals surface area contributed by atoms with Crippen molar-refractivity contribution in [2.75, 3.05) is 20.1 Å². The maximum Gasteiger partial charge on any atom is 0.0797 e. The van der Waals surface area contributed by atoms with Crippen LogP contribution in [0.2, 0.25) is 0 Å². The summed E-state index contributed by atoms with van der Waals surface area (Å²) in [6, 6.07) is 0. The van der Waals surface area contributed by atoms with E-state index in [9.17, 15) is 0 Å². The molecule has 0 bridgehead atoms. The molecule has 1 rings (SSSR count). The molecule has 1 heterocycles. The standard InChI is InChI=1S/C9H18N4S/c1-3-8-9(14-13-12-8)7-11-6-4-5-10-2/h10-11H,3-7H2,1-2H3. The Morgan fingerprint density at radius 3 is 2.93 bits per heavy atom. The van der Waals surface area contributed by atoms with Crippen LogP contribution in [0, 0.1) is 0 Å². The first-order valence-electron chi connectivity index (χ1n) is 5.04. The van der Waals surface area contributed by atoms with Crippen LogP contribution in [-0.2, 0) is 13.0 Å². The Balaban J connectivity index is 2.17. The van der Waals surface area contributed by atoms with Gasteiger partial charge in [-0.3, -0.25) is 0 Å². The molecule has 0 aliphatic carbocycles. The average molecular weight is 214 g/mol. The van der Waals surface area contributed by atoms with Crippen LogP contribution in [0.4, 0.5) is 0 Å². The smallest absolute Gasteiger partial charge is 0.0797 e.